The number of pyridine rings is 1. The van der Waals surface area contributed by atoms with Crippen LogP contribution in [0, 0.1) is 10.1 Å². The second kappa shape index (κ2) is 8.92. The molecule has 0 atom stereocenters. The van der Waals surface area contributed by atoms with Gasteiger partial charge in [-0.3, -0.25) is 15.1 Å². The molecule has 0 aliphatic rings. The molecule has 0 unspecified atom stereocenters. The van der Waals surface area contributed by atoms with E-state index in [0.29, 0.717) is 22.4 Å². The van der Waals surface area contributed by atoms with Crippen molar-refractivity contribution in [2.24, 2.45) is 5.16 Å². The second-order valence-electron chi connectivity index (χ2n) is 5.56. The van der Waals surface area contributed by atoms with E-state index >= 15 is 0 Å². The lowest BCUT2D eigenvalue weighted by Gasteiger charge is -2.08. The van der Waals surface area contributed by atoms with Gasteiger partial charge in [0.1, 0.15) is 5.71 Å². The minimum Gasteiger partial charge on any atom is -0.312 e. The summed E-state index contributed by atoms with van der Waals surface area (Å²) in [6.07, 6.45) is 5.04. The molecule has 28 heavy (non-hydrogen) atoms. The molecule has 0 radical (unpaired) electrons. The van der Waals surface area contributed by atoms with Gasteiger partial charge in [-0.2, -0.15) is 0 Å². The largest absolute Gasteiger partial charge is 0.366 e. The first-order chi connectivity index (χ1) is 13.6. The third-order valence-electron chi connectivity index (χ3n) is 3.85. The van der Waals surface area contributed by atoms with Crippen molar-refractivity contribution in [3.63, 3.8) is 0 Å². The molecule has 3 rings (SSSR count). The number of non-ortho nitro benzene ring substituents is 1. The van der Waals surface area contributed by atoms with Crippen molar-refractivity contribution in [3.05, 3.63) is 99.9 Å². The van der Waals surface area contributed by atoms with E-state index in [0.717, 1.165) is 4.90 Å². The van der Waals surface area contributed by atoms with Crippen LogP contribution in [0.3, 0.4) is 0 Å². The number of nitrogens with zero attached hydrogens (tertiary/aromatic N) is 3. The van der Waals surface area contributed by atoms with Crippen molar-refractivity contribution >= 4 is 29.1 Å². The Morgan fingerprint density at radius 2 is 1.68 bits per heavy atom. The summed E-state index contributed by atoms with van der Waals surface area (Å²) in [6.45, 7) is 0. The lowest BCUT2D eigenvalue weighted by molar-refractivity contribution is -0.384. The number of oxime groups is 1. The van der Waals surface area contributed by atoms with E-state index in [1.807, 2.05) is 18.4 Å². The number of hydrogen-bond donors (Lipinski definition) is 0. The Bertz CT molecular complexity index is 1020. The van der Waals surface area contributed by atoms with Crippen LogP contribution >= 0.6 is 11.8 Å². The summed E-state index contributed by atoms with van der Waals surface area (Å²) in [4.78, 5) is 32.8. The Morgan fingerprint density at radius 1 is 1.04 bits per heavy atom. The van der Waals surface area contributed by atoms with E-state index < -0.39 is 10.9 Å². The smallest absolute Gasteiger partial charge is 0.312 e. The zero-order valence-corrected chi connectivity index (χ0v) is 15.6. The molecule has 0 aliphatic heterocycles. The minimum atomic E-state index is -0.585. The van der Waals surface area contributed by atoms with Gasteiger partial charge in [0, 0.05) is 40.5 Å². The van der Waals surface area contributed by atoms with E-state index in [4.69, 9.17) is 4.84 Å². The Labute approximate surface area is 165 Å². The fourth-order valence-corrected chi connectivity index (χ4v) is 3.06. The number of nitro benzene ring substituents is 1. The number of aromatic nitrogens is 1. The average molecular weight is 393 g/mol. The molecule has 7 nitrogen and oxygen atoms in total. The molecule has 8 heteroatoms. The minimum absolute atomic E-state index is 0.0382. The van der Waals surface area contributed by atoms with Gasteiger partial charge in [-0.05, 0) is 42.7 Å². The standard InChI is InChI=1S/C20H15N3O4S/c1-28-18-5-3-2-4-17(18)20(24)27-22-19(15-10-12-21-13-11-15)14-6-8-16(9-7-14)23(25)26/h2-13H,1H3/b22-19-. The van der Waals surface area contributed by atoms with Crippen LogP contribution in [-0.2, 0) is 4.84 Å². The number of hydrogen-bond acceptors (Lipinski definition) is 7. The summed E-state index contributed by atoms with van der Waals surface area (Å²) in [5.41, 5.74) is 1.98. The molecule has 0 saturated heterocycles. The average Bonchev–Trinajstić information content (AvgIpc) is 2.74. The van der Waals surface area contributed by atoms with Gasteiger partial charge in [-0.1, -0.05) is 17.3 Å². The van der Waals surface area contributed by atoms with E-state index in [1.165, 1.54) is 23.9 Å². The van der Waals surface area contributed by atoms with E-state index in [1.54, 1.807) is 48.8 Å². The zero-order chi connectivity index (χ0) is 19.9. The van der Waals surface area contributed by atoms with Gasteiger partial charge < -0.3 is 4.84 Å². The highest BCUT2D eigenvalue weighted by molar-refractivity contribution is 7.98. The lowest BCUT2D eigenvalue weighted by atomic mass is 10.0. The molecule has 0 bridgehead atoms. The monoisotopic (exact) mass is 393 g/mol. The Kier molecular flexibility index (Phi) is 6.13. The summed E-state index contributed by atoms with van der Waals surface area (Å²) >= 11 is 1.43. The molecule has 1 heterocycles. The van der Waals surface area contributed by atoms with Gasteiger partial charge in [0.05, 0.1) is 10.5 Å². The summed E-state index contributed by atoms with van der Waals surface area (Å²) in [5.74, 6) is -0.585. The first-order valence-corrected chi connectivity index (χ1v) is 9.40. The summed E-state index contributed by atoms with van der Waals surface area (Å²) in [5, 5.41) is 14.9. The fourth-order valence-electron chi connectivity index (χ4n) is 2.47. The number of benzene rings is 2. The fraction of sp³-hybridized carbons (Fsp3) is 0.0500. The van der Waals surface area contributed by atoms with Crippen molar-refractivity contribution in [3.8, 4) is 0 Å². The molecule has 0 N–H and O–H groups in total. The maximum atomic E-state index is 12.5. The molecule has 0 spiro atoms. The predicted molar refractivity (Wildman–Crippen MR) is 107 cm³/mol. The lowest BCUT2D eigenvalue weighted by Crippen LogP contribution is -2.09. The van der Waals surface area contributed by atoms with Crippen LogP contribution in [0.2, 0.25) is 0 Å². The number of thioether (sulfide) groups is 1. The SMILES string of the molecule is CSc1ccccc1C(=O)O/N=C(\c1ccncc1)c1ccc([N+](=O)[O-])cc1. The van der Waals surface area contributed by atoms with Gasteiger partial charge >= 0.3 is 5.97 Å². The van der Waals surface area contributed by atoms with Gasteiger partial charge in [0.15, 0.2) is 0 Å². The molecule has 0 saturated carbocycles. The van der Waals surface area contributed by atoms with Gasteiger partial charge in [-0.15, -0.1) is 11.8 Å². The number of nitro groups is 1. The van der Waals surface area contributed by atoms with Crippen LogP contribution in [-0.4, -0.2) is 27.8 Å². The Hall–Kier alpha value is -3.52. The number of carbonyl (C=O) groups excluding carboxylic acids is 1. The van der Waals surface area contributed by atoms with Gasteiger partial charge in [0.25, 0.3) is 5.69 Å². The van der Waals surface area contributed by atoms with E-state index in [2.05, 4.69) is 10.1 Å². The van der Waals surface area contributed by atoms with E-state index in [9.17, 15) is 14.9 Å². The number of rotatable bonds is 6. The van der Waals surface area contributed by atoms with Crippen molar-refractivity contribution in [1.82, 2.24) is 4.98 Å². The zero-order valence-electron chi connectivity index (χ0n) is 14.8. The van der Waals surface area contributed by atoms with Crippen LogP contribution in [0.1, 0.15) is 21.5 Å². The maximum Gasteiger partial charge on any atom is 0.366 e. The highest BCUT2D eigenvalue weighted by atomic mass is 32.2. The quantitative estimate of drug-likeness (QED) is 0.203. The van der Waals surface area contributed by atoms with Crippen LogP contribution in [0.15, 0.2) is 83.1 Å². The molecule has 1 aromatic heterocycles. The van der Waals surface area contributed by atoms with Crippen molar-refractivity contribution < 1.29 is 14.6 Å². The summed E-state index contributed by atoms with van der Waals surface area (Å²) in [7, 11) is 0. The summed E-state index contributed by atoms with van der Waals surface area (Å²) < 4.78 is 0. The topological polar surface area (TPSA) is 94.7 Å². The first-order valence-electron chi connectivity index (χ1n) is 8.17. The highest BCUT2D eigenvalue weighted by Gasteiger charge is 2.15. The van der Waals surface area contributed by atoms with E-state index in [-0.39, 0.29) is 5.69 Å². The molecule has 3 aromatic rings. The Morgan fingerprint density at radius 3 is 2.32 bits per heavy atom. The molecular weight excluding hydrogens is 378 g/mol. The molecule has 2 aromatic carbocycles. The first kappa shape index (κ1) is 19.2. The van der Waals surface area contributed by atoms with Gasteiger partial charge in [0.2, 0.25) is 0 Å². The molecule has 140 valence electrons. The normalized spacial score (nSPS) is 11.1. The summed E-state index contributed by atoms with van der Waals surface area (Å²) in [6, 6.07) is 16.4. The third-order valence-corrected chi connectivity index (χ3v) is 4.65. The molecular formula is C20H15N3O4S. The molecule has 0 amide bonds. The van der Waals surface area contributed by atoms with Crippen LogP contribution in [0.4, 0.5) is 5.69 Å². The predicted octanol–water partition coefficient (Wildman–Crippen LogP) is 4.32. The second-order valence-corrected chi connectivity index (χ2v) is 6.41. The van der Waals surface area contributed by atoms with Crippen LogP contribution in [0.5, 0.6) is 0 Å². The van der Waals surface area contributed by atoms with Gasteiger partial charge in [-0.25, -0.2) is 4.79 Å². The van der Waals surface area contributed by atoms with Crippen molar-refractivity contribution in [2.75, 3.05) is 6.26 Å². The number of carbonyl (C=O) groups is 1. The van der Waals surface area contributed by atoms with Crippen molar-refractivity contribution in [2.45, 2.75) is 4.90 Å². The van der Waals surface area contributed by atoms with Crippen LogP contribution in [0.25, 0.3) is 0 Å². The Balaban J connectivity index is 1.95. The van der Waals surface area contributed by atoms with Crippen molar-refractivity contribution in [1.29, 1.82) is 0 Å². The maximum absolute atomic E-state index is 12.5. The molecule has 0 aliphatic carbocycles. The van der Waals surface area contributed by atoms with Crippen LogP contribution < -0.4 is 0 Å². The third kappa shape index (κ3) is 4.41. The highest BCUT2D eigenvalue weighted by Crippen LogP contribution is 2.21. The molecule has 0 fully saturated rings.